The van der Waals surface area contributed by atoms with E-state index in [9.17, 15) is 10.0 Å². The fourth-order valence-corrected chi connectivity index (χ4v) is 2.15. The molecule has 0 aromatic carbocycles. The second-order valence-electron chi connectivity index (χ2n) is 4.87. The van der Waals surface area contributed by atoms with Crippen molar-refractivity contribution in [2.45, 2.75) is 45.2 Å². The van der Waals surface area contributed by atoms with Gasteiger partial charge >= 0.3 is 5.97 Å². The lowest BCUT2D eigenvalue weighted by molar-refractivity contribution is -0.199. The maximum absolute atomic E-state index is 10.9. The Bertz CT molecular complexity index is 240. The molecule has 1 aliphatic heterocycles. The van der Waals surface area contributed by atoms with Crippen LogP contribution >= 0.6 is 0 Å². The Morgan fingerprint density at radius 1 is 1.33 bits per heavy atom. The summed E-state index contributed by atoms with van der Waals surface area (Å²) >= 11 is 0. The number of hydrogen-bond donors (Lipinski definition) is 4. The molecule has 1 fully saturated rings. The summed E-state index contributed by atoms with van der Waals surface area (Å²) in [6.45, 7) is 7.19. The van der Waals surface area contributed by atoms with Crippen molar-refractivity contribution in [3.63, 3.8) is 0 Å². The molecule has 6 heteroatoms. The Labute approximate surface area is 89.2 Å². The molecule has 90 valence electrons. The van der Waals surface area contributed by atoms with Gasteiger partial charge in [-0.2, -0.15) is 5.06 Å². The number of carbonyl (C=O) groups is 1. The lowest BCUT2D eigenvalue weighted by atomic mass is 9.87. The number of aliphatic carboxylic acids is 1. The first-order valence-electron chi connectivity index (χ1n) is 4.67. The van der Waals surface area contributed by atoms with Crippen molar-refractivity contribution in [3.8, 4) is 0 Å². The van der Waals surface area contributed by atoms with Crippen molar-refractivity contribution in [1.82, 2.24) is 5.06 Å². The number of nitrogens with two attached hydrogens (primary N) is 1. The molecule has 1 rings (SSSR count). The molecule has 1 atom stereocenters. The standard InChI is InChI=1S/C9H17NO3.H3NO/c1-8(2)5-6(7(11)12)9(3,4)10(8)13;1-2/h6,13H,5H2,1-4H3,(H,11,12);2H,1H2. The van der Waals surface area contributed by atoms with Crippen LogP contribution in [0, 0.1) is 5.92 Å². The van der Waals surface area contributed by atoms with Gasteiger partial charge in [0, 0.05) is 5.54 Å². The minimum atomic E-state index is -0.838. The molecule has 0 saturated carbocycles. The second-order valence-corrected chi connectivity index (χ2v) is 4.87. The van der Waals surface area contributed by atoms with Crippen molar-refractivity contribution in [3.05, 3.63) is 0 Å². The summed E-state index contributed by atoms with van der Waals surface area (Å²) in [7, 11) is 0. The highest BCUT2D eigenvalue weighted by atomic mass is 16.5. The summed E-state index contributed by atoms with van der Waals surface area (Å²) < 4.78 is 0. The van der Waals surface area contributed by atoms with Gasteiger partial charge in [0.25, 0.3) is 0 Å². The minimum absolute atomic E-state index is 0.452. The van der Waals surface area contributed by atoms with Gasteiger partial charge < -0.3 is 15.5 Å². The van der Waals surface area contributed by atoms with Gasteiger partial charge in [-0.3, -0.25) is 4.79 Å². The molecule has 0 bridgehead atoms. The number of carboxylic acids is 1. The van der Waals surface area contributed by atoms with E-state index in [0.717, 1.165) is 0 Å². The zero-order valence-corrected chi connectivity index (χ0v) is 9.56. The molecule has 6 nitrogen and oxygen atoms in total. The Morgan fingerprint density at radius 2 is 1.73 bits per heavy atom. The van der Waals surface area contributed by atoms with Gasteiger partial charge in [-0.15, -0.1) is 0 Å². The SMILES string of the molecule is CC1(C)CC(C(=O)O)C(C)(C)N1O.NO. The number of hydroxylamine groups is 2. The molecule has 15 heavy (non-hydrogen) atoms. The molecule has 0 aliphatic carbocycles. The highest BCUT2D eigenvalue weighted by Gasteiger charge is 2.54. The van der Waals surface area contributed by atoms with E-state index in [1.54, 1.807) is 13.8 Å². The van der Waals surface area contributed by atoms with E-state index >= 15 is 0 Å². The van der Waals surface area contributed by atoms with Crippen molar-refractivity contribution >= 4 is 5.97 Å². The largest absolute Gasteiger partial charge is 0.481 e. The molecule has 1 saturated heterocycles. The molecule has 5 N–H and O–H groups in total. The number of rotatable bonds is 1. The van der Waals surface area contributed by atoms with Gasteiger partial charge in [-0.05, 0) is 34.1 Å². The van der Waals surface area contributed by atoms with Crippen LogP contribution in [0.25, 0.3) is 0 Å². The summed E-state index contributed by atoms with van der Waals surface area (Å²) in [5, 5.41) is 26.4. The van der Waals surface area contributed by atoms with Crippen LogP contribution in [0.4, 0.5) is 0 Å². The van der Waals surface area contributed by atoms with Gasteiger partial charge in [0.1, 0.15) is 0 Å². The molecule has 1 heterocycles. The molecule has 0 amide bonds. The zero-order chi connectivity index (χ0) is 12.4. The molecule has 1 aliphatic rings. The maximum Gasteiger partial charge on any atom is 0.308 e. The van der Waals surface area contributed by atoms with Gasteiger partial charge in [0.2, 0.25) is 0 Å². The zero-order valence-electron chi connectivity index (χ0n) is 9.56. The van der Waals surface area contributed by atoms with E-state index in [4.69, 9.17) is 10.3 Å². The Morgan fingerprint density at radius 3 is 1.87 bits per heavy atom. The first kappa shape index (κ1) is 14.3. The summed E-state index contributed by atoms with van der Waals surface area (Å²) in [4.78, 5) is 10.9. The quantitative estimate of drug-likeness (QED) is 0.484. The van der Waals surface area contributed by atoms with Crippen LogP contribution in [-0.4, -0.2) is 37.6 Å². The molecular formula is C9H20N2O4. The first-order valence-corrected chi connectivity index (χ1v) is 4.67. The summed E-state index contributed by atoms with van der Waals surface area (Å²) in [5.74, 6) is 2.15. The summed E-state index contributed by atoms with van der Waals surface area (Å²) in [6.07, 6.45) is 0.478. The van der Waals surface area contributed by atoms with Crippen molar-refractivity contribution in [2.75, 3.05) is 0 Å². The number of carboxylic acid groups (broad SMARTS) is 1. The number of hydrogen-bond acceptors (Lipinski definition) is 5. The number of nitrogens with zero attached hydrogens (tertiary/aromatic N) is 1. The third-order valence-corrected chi connectivity index (χ3v) is 2.97. The lowest BCUT2D eigenvalue weighted by Gasteiger charge is -2.34. The molecule has 0 spiro atoms. The normalized spacial score (nSPS) is 28.1. The smallest absolute Gasteiger partial charge is 0.308 e. The van der Waals surface area contributed by atoms with Crippen LogP contribution in [0.15, 0.2) is 0 Å². The van der Waals surface area contributed by atoms with E-state index in [1.807, 2.05) is 13.8 Å². The molecule has 0 aromatic rings. The predicted molar refractivity (Wildman–Crippen MR) is 53.5 cm³/mol. The Balaban J connectivity index is 0.000000921. The van der Waals surface area contributed by atoms with Crippen molar-refractivity contribution < 1.29 is 20.3 Å². The molecule has 0 radical (unpaired) electrons. The third kappa shape index (κ3) is 2.46. The monoisotopic (exact) mass is 220 g/mol. The molecule has 0 aromatic heterocycles. The first-order chi connectivity index (χ1) is 6.69. The van der Waals surface area contributed by atoms with E-state index in [0.29, 0.717) is 6.42 Å². The predicted octanol–water partition coefficient (Wildman–Crippen LogP) is 0.674. The fraction of sp³-hybridized carbons (Fsp3) is 0.889. The van der Waals surface area contributed by atoms with E-state index < -0.39 is 23.0 Å². The Kier molecular flexibility index (Phi) is 4.24. The lowest BCUT2D eigenvalue weighted by Crippen LogP contribution is -2.48. The van der Waals surface area contributed by atoms with Crippen LogP contribution in [0.1, 0.15) is 34.1 Å². The van der Waals surface area contributed by atoms with E-state index in [1.165, 1.54) is 5.06 Å². The van der Waals surface area contributed by atoms with Gasteiger partial charge in [-0.25, -0.2) is 5.90 Å². The highest BCUT2D eigenvalue weighted by Crippen LogP contribution is 2.43. The van der Waals surface area contributed by atoms with Gasteiger partial charge in [0.05, 0.1) is 11.5 Å². The minimum Gasteiger partial charge on any atom is -0.481 e. The van der Waals surface area contributed by atoms with Gasteiger partial charge in [0.15, 0.2) is 0 Å². The van der Waals surface area contributed by atoms with Crippen LogP contribution in [0.5, 0.6) is 0 Å². The third-order valence-electron chi connectivity index (χ3n) is 2.97. The van der Waals surface area contributed by atoms with E-state index in [2.05, 4.69) is 5.90 Å². The van der Waals surface area contributed by atoms with Crippen LogP contribution in [-0.2, 0) is 4.79 Å². The Hall–Kier alpha value is -0.690. The van der Waals surface area contributed by atoms with Crippen LogP contribution in [0.2, 0.25) is 0 Å². The van der Waals surface area contributed by atoms with Crippen LogP contribution < -0.4 is 5.90 Å². The topological polar surface area (TPSA) is 107 Å². The second kappa shape index (κ2) is 4.44. The fourth-order valence-electron chi connectivity index (χ4n) is 2.15. The highest BCUT2D eigenvalue weighted by molar-refractivity contribution is 5.72. The average Bonchev–Trinajstić information content (AvgIpc) is 2.30. The van der Waals surface area contributed by atoms with Crippen LogP contribution in [0.3, 0.4) is 0 Å². The molecule has 1 unspecified atom stereocenters. The van der Waals surface area contributed by atoms with Crippen molar-refractivity contribution in [1.29, 1.82) is 0 Å². The molecular weight excluding hydrogens is 200 g/mol. The average molecular weight is 220 g/mol. The van der Waals surface area contributed by atoms with Crippen molar-refractivity contribution in [2.24, 2.45) is 11.8 Å². The summed E-state index contributed by atoms with van der Waals surface area (Å²) in [5.41, 5.74) is -1.14. The van der Waals surface area contributed by atoms with E-state index in [-0.39, 0.29) is 0 Å². The van der Waals surface area contributed by atoms with Gasteiger partial charge in [-0.1, -0.05) is 0 Å². The maximum atomic E-state index is 10.9. The summed E-state index contributed by atoms with van der Waals surface area (Å²) in [6, 6.07) is 0.